The van der Waals surface area contributed by atoms with Crippen LogP contribution < -0.4 is 5.32 Å². The summed E-state index contributed by atoms with van der Waals surface area (Å²) in [5, 5.41) is 3.91. The number of halogens is 1. The molecule has 0 radical (unpaired) electrons. The molecule has 1 fully saturated rings. The van der Waals surface area contributed by atoms with E-state index >= 15 is 0 Å². The predicted octanol–water partition coefficient (Wildman–Crippen LogP) is 4.17. The highest BCUT2D eigenvalue weighted by molar-refractivity contribution is 6.30. The van der Waals surface area contributed by atoms with Crippen molar-refractivity contribution in [2.24, 2.45) is 0 Å². The zero-order valence-corrected chi connectivity index (χ0v) is 16.1. The fourth-order valence-corrected chi connectivity index (χ4v) is 3.59. The normalized spacial score (nSPS) is 16.5. The smallest absolute Gasteiger partial charge is 0.318 e. The molecule has 26 heavy (non-hydrogen) atoms. The number of carbonyl (C=O) groups excluding carboxylic acids is 1. The predicted molar refractivity (Wildman–Crippen MR) is 107 cm³/mol. The summed E-state index contributed by atoms with van der Waals surface area (Å²) in [5.41, 5.74) is 2.09. The zero-order valence-electron chi connectivity index (χ0n) is 15.4. The van der Waals surface area contributed by atoms with Gasteiger partial charge in [0.2, 0.25) is 0 Å². The van der Waals surface area contributed by atoms with E-state index in [1.165, 1.54) is 0 Å². The van der Waals surface area contributed by atoms with Gasteiger partial charge in [0.05, 0.1) is 6.04 Å². The highest BCUT2D eigenvalue weighted by Gasteiger charge is 2.26. The maximum Gasteiger partial charge on any atom is 0.318 e. The Morgan fingerprint density at radius 1 is 1.04 bits per heavy atom. The monoisotopic (exact) mass is 371 g/mol. The van der Waals surface area contributed by atoms with Crippen LogP contribution in [0.4, 0.5) is 4.79 Å². The summed E-state index contributed by atoms with van der Waals surface area (Å²) in [5.74, 6) is 0. The van der Waals surface area contributed by atoms with E-state index in [2.05, 4.69) is 24.3 Å². The molecule has 4 nitrogen and oxygen atoms in total. The first-order chi connectivity index (χ1) is 12.5. The Morgan fingerprint density at radius 2 is 1.62 bits per heavy atom. The van der Waals surface area contributed by atoms with E-state index in [4.69, 9.17) is 11.6 Å². The van der Waals surface area contributed by atoms with Gasteiger partial charge in [-0.1, -0.05) is 54.1 Å². The number of hydrogen-bond acceptors (Lipinski definition) is 2. The van der Waals surface area contributed by atoms with Crippen LogP contribution in [-0.4, -0.2) is 49.1 Å². The van der Waals surface area contributed by atoms with E-state index in [1.54, 1.807) is 0 Å². The molecule has 1 heterocycles. The summed E-state index contributed by atoms with van der Waals surface area (Å²) in [4.78, 5) is 17.0. The SMILES string of the molecule is CN(C)C1CCN(C(=O)N[C@H](c2ccccc2)c2ccc(Cl)cc2)CC1. The van der Waals surface area contributed by atoms with E-state index < -0.39 is 0 Å². The molecular weight excluding hydrogens is 346 g/mol. The van der Waals surface area contributed by atoms with Gasteiger partial charge in [0.25, 0.3) is 0 Å². The molecule has 3 rings (SSSR count). The molecule has 1 aliphatic heterocycles. The average molecular weight is 372 g/mol. The quantitative estimate of drug-likeness (QED) is 0.875. The van der Waals surface area contributed by atoms with Crippen LogP contribution in [0.15, 0.2) is 54.6 Å². The number of nitrogens with zero attached hydrogens (tertiary/aromatic N) is 2. The Bertz CT molecular complexity index is 710. The van der Waals surface area contributed by atoms with Gasteiger partial charge in [0, 0.05) is 24.2 Å². The number of piperidine rings is 1. The molecule has 1 atom stereocenters. The lowest BCUT2D eigenvalue weighted by Gasteiger charge is -2.36. The molecule has 138 valence electrons. The van der Waals surface area contributed by atoms with Crippen LogP contribution >= 0.6 is 11.6 Å². The Labute approximate surface area is 160 Å². The van der Waals surface area contributed by atoms with Crippen molar-refractivity contribution in [1.82, 2.24) is 15.1 Å². The first-order valence-corrected chi connectivity index (χ1v) is 9.44. The molecule has 5 heteroatoms. The third-order valence-electron chi connectivity index (χ3n) is 5.09. The maximum absolute atomic E-state index is 12.9. The molecule has 0 saturated carbocycles. The molecule has 2 aromatic carbocycles. The number of benzene rings is 2. The van der Waals surface area contributed by atoms with Gasteiger partial charge in [-0.15, -0.1) is 0 Å². The molecule has 1 saturated heterocycles. The maximum atomic E-state index is 12.9. The van der Waals surface area contributed by atoms with Crippen molar-refractivity contribution >= 4 is 17.6 Å². The summed E-state index contributed by atoms with van der Waals surface area (Å²) < 4.78 is 0. The minimum absolute atomic E-state index is 0.00832. The second-order valence-corrected chi connectivity index (χ2v) is 7.46. The molecule has 0 aromatic heterocycles. The van der Waals surface area contributed by atoms with Crippen molar-refractivity contribution in [3.63, 3.8) is 0 Å². The van der Waals surface area contributed by atoms with Crippen molar-refractivity contribution in [3.05, 3.63) is 70.7 Å². The third kappa shape index (κ3) is 4.57. The number of hydrogen-bond donors (Lipinski definition) is 1. The molecule has 2 aromatic rings. The van der Waals surface area contributed by atoms with E-state index in [9.17, 15) is 4.79 Å². The molecule has 1 aliphatic rings. The van der Waals surface area contributed by atoms with Crippen molar-refractivity contribution in [1.29, 1.82) is 0 Å². The van der Waals surface area contributed by atoms with Gasteiger partial charge in [-0.2, -0.15) is 0 Å². The third-order valence-corrected chi connectivity index (χ3v) is 5.34. The number of likely N-dealkylation sites (tertiary alicyclic amines) is 1. The minimum Gasteiger partial charge on any atom is -0.327 e. The largest absolute Gasteiger partial charge is 0.327 e. The summed E-state index contributed by atoms with van der Waals surface area (Å²) in [7, 11) is 4.21. The lowest BCUT2D eigenvalue weighted by molar-refractivity contribution is 0.147. The zero-order chi connectivity index (χ0) is 18.5. The van der Waals surface area contributed by atoms with E-state index in [0.29, 0.717) is 11.1 Å². The van der Waals surface area contributed by atoms with Crippen LogP contribution in [0.5, 0.6) is 0 Å². The summed E-state index contributed by atoms with van der Waals surface area (Å²) >= 11 is 6.03. The number of carbonyl (C=O) groups is 1. The summed E-state index contributed by atoms with van der Waals surface area (Å²) in [6.45, 7) is 1.58. The van der Waals surface area contributed by atoms with Gasteiger partial charge in [-0.25, -0.2) is 4.79 Å². The highest BCUT2D eigenvalue weighted by Crippen LogP contribution is 2.24. The summed E-state index contributed by atoms with van der Waals surface area (Å²) in [6, 6.07) is 18.1. The molecular formula is C21H26ClN3O. The van der Waals surface area contributed by atoms with Crippen LogP contribution in [0.3, 0.4) is 0 Å². The number of nitrogens with one attached hydrogen (secondary N) is 1. The lowest BCUT2D eigenvalue weighted by atomic mass is 9.98. The highest BCUT2D eigenvalue weighted by atomic mass is 35.5. The second-order valence-electron chi connectivity index (χ2n) is 7.03. The molecule has 0 aliphatic carbocycles. The standard InChI is InChI=1S/C21H26ClN3O/c1-24(2)19-12-14-25(15-13-19)21(26)23-20(16-6-4-3-5-7-16)17-8-10-18(22)11-9-17/h3-11,19-20H,12-15H2,1-2H3,(H,23,26)/t20-/m1/s1. The van der Waals surface area contributed by atoms with Gasteiger partial charge in [-0.3, -0.25) is 0 Å². The van der Waals surface area contributed by atoms with Crippen LogP contribution in [0.25, 0.3) is 0 Å². The summed E-state index contributed by atoms with van der Waals surface area (Å²) in [6.07, 6.45) is 2.02. The van der Waals surface area contributed by atoms with Crippen molar-refractivity contribution in [2.75, 3.05) is 27.2 Å². The van der Waals surface area contributed by atoms with Crippen molar-refractivity contribution < 1.29 is 4.79 Å². The van der Waals surface area contributed by atoms with Crippen LogP contribution in [0, 0.1) is 0 Å². The van der Waals surface area contributed by atoms with E-state index in [1.807, 2.05) is 59.5 Å². The Hall–Kier alpha value is -2.04. The minimum atomic E-state index is -0.187. The van der Waals surface area contributed by atoms with Crippen molar-refractivity contribution in [2.45, 2.75) is 24.9 Å². The fraction of sp³-hybridized carbons (Fsp3) is 0.381. The van der Waals surface area contributed by atoms with Gasteiger partial charge in [0.15, 0.2) is 0 Å². The lowest BCUT2D eigenvalue weighted by Crippen LogP contribution is -2.48. The molecule has 0 bridgehead atoms. The van der Waals surface area contributed by atoms with Gasteiger partial charge >= 0.3 is 6.03 Å². The van der Waals surface area contributed by atoms with Crippen LogP contribution in [0.2, 0.25) is 5.02 Å². The van der Waals surface area contributed by atoms with Gasteiger partial charge in [0.1, 0.15) is 0 Å². The molecule has 1 N–H and O–H groups in total. The molecule has 0 unspecified atom stereocenters. The molecule has 0 spiro atoms. The second kappa shape index (κ2) is 8.56. The van der Waals surface area contributed by atoms with E-state index in [0.717, 1.165) is 37.1 Å². The average Bonchev–Trinajstić information content (AvgIpc) is 2.67. The molecule has 2 amide bonds. The Balaban J connectivity index is 1.74. The Morgan fingerprint density at radius 3 is 2.19 bits per heavy atom. The fourth-order valence-electron chi connectivity index (χ4n) is 3.46. The Kier molecular flexibility index (Phi) is 6.17. The van der Waals surface area contributed by atoms with Crippen LogP contribution in [-0.2, 0) is 0 Å². The van der Waals surface area contributed by atoms with Crippen LogP contribution in [0.1, 0.15) is 30.0 Å². The van der Waals surface area contributed by atoms with Crippen molar-refractivity contribution in [3.8, 4) is 0 Å². The number of amides is 2. The number of rotatable bonds is 4. The van der Waals surface area contributed by atoms with Gasteiger partial charge < -0.3 is 15.1 Å². The topological polar surface area (TPSA) is 35.6 Å². The first-order valence-electron chi connectivity index (χ1n) is 9.07. The van der Waals surface area contributed by atoms with E-state index in [-0.39, 0.29) is 12.1 Å². The number of urea groups is 1. The van der Waals surface area contributed by atoms with Gasteiger partial charge in [-0.05, 0) is 50.2 Å². The first kappa shape index (κ1) is 18.7.